The van der Waals surface area contributed by atoms with Crippen molar-refractivity contribution < 1.29 is 14.4 Å². The number of nitrogens with zero attached hydrogens (tertiary/aromatic N) is 1. The smallest absolute Gasteiger partial charge is 0.244 e. The second-order valence-electron chi connectivity index (χ2n) is 3.58. The summed E-state index contributed by atoms with van der Waals surface area (Å²) >= 11 is -1.30. The largest absolute Gasteiger partial charge is 0.610 e. The van der Waals surface area contributed by atoms with Crippen LogP contribution in [0.2, 0.25) is 0 Å². The molecule has 0 amide bonds. The number of rotatable bonds is 2. The fourth-order valence-corrected chi connectivity index (χ4v) is 3.05. The molecule has 1 aliphatic heterocycles. The molecule has 2 heterocycles. The molecule has 4 atom stereocenters. The molecular weight excluding hydrogens is 214 g/mol. The van der Waals surface area contributed by atoms with Crippen LogP contribution in [0.3, 0.4) is 0 Å². The maximum Gasteiger partial charge on any atom is 0.244 e. The van der Waals surface area contributed by atoms with Gasteiger partial charge >= 0.3 is 0 Å². The average molecular weight is 227 g/mol. The summed E-state index contributed by atoms with van der Waals surface area (Å²) in [4.78, 5) is 4.02. The van der Waals surface area contributed by atoms with Gasteiger partial charge in [0.2, 0.25) is 11.3 Å². The van der Waals surface area contributed by atoms with E-state index in [9.17, 15) is 9.66 Å². The number of aliphatic hydroxyl groups is 1. The van der Waals surface area contributed by atoms with E-state index in [1.54, 1.807) is 24.4 Å². The zero-order valence-corrected chi connectivity index (χ0v) is 9.18. The molecular formula is C10H13NO3S. The predicted octanol–water partition coefficient (Wildman–Crippen LogP) is 0.685. The minimum absolute atomic E-state index is 0.0438. The highest BCUT2D eigenvalue weighted by atomic mass is 32.2. The lowest BCUT2D eigenvalue weighted by atomic mass is 10.2. The van der Waals surface area contributed by atoms with Gasteiger partial charge in [0.25, 0.3) is 0 Å². The van der Waals surface area contributed by atoms with E-state index in [1.807, 2.05) is 6.92 Å². The van der Waals surface area contributed by atoms with Gasteiger partial charge in [0, 0.05) is 29.9 Å². The number of hydrogen-bond donors (Lipinski definition) is 1. The molecule has 82 valence electrons. The Labute approximate surface area is 91.5 Å². The zero-order valence-electron chi connectivity index (χ0n) is 8.37. The summed E-state index contributed by atoms with van der Waals surface area (Å²) in [5, 5.41) is 9.68. The van der Waals surface area contributed by atoms with Crippen LogP contribution in [0, 0.1) is 0 Å². The van der Waals surface area contributed by atoms with Gasteiger partial charge in [0.1, 0.15) is 0 Å². The van der Waals surface area contributed by atoms with Gasteiger partial charge in [-0.1, -0.05) is 6.07 Å². The second kappa shape index (κ2) is 4.49. The molecule has 0 spiro atoms. The van der Waals surface area contributed by atoms with Gasteiger partial charge in [0.15, 0.2) is 5.25 Å². The molecule has 4 nitrogen and oxygen atoms in total. The highest BCUT2D eigenvalue weighted by Crippen LogP contribution is 2.28. The van der Waals surface area contributed by atoms with Crippen LogP contribution in [-0.4, -0.2) is 32.3 Å². The molecule has 1 aliphatic rings. The molecule has 0 bridgehead atoms. The van der Waals surface area contributed by atoms with E-state index in [4.69, 9.17) is 4.74 Å². The van der Waals surface area contributed by atoms with Crippen LogP contribution in [0.1, 0.15) is 13.3 Å². The van der Waals surface area contributed by atoms with Gasteiger partial charge in [-0.2, -0.15) is 0 Å². The van der Waals surface area contributed by atoms with Crippen LogP contribution in [0.5, 0.6) is 0 Å². The lowest BCUT2D eigenvalue weighted by Gasteiger charge is -2.17. The molecule has 5 heteroatoms. The molecule has 1 fully saturated rings. The van der Waals surface area contributed by atoms with Gasteiger partial charge in [0.05, 0.1) is 6.10 Å². The number of aromatic nitrogens is 1. The first-order valence-corrected chi connectivity index (χ1v) is 6.05. The molecule has 1 aromatic heterocycles. The third-order valence-corrected chi connectivity index (χ3v) is 4.00. The zero-order chi connectivity index (χ0) is 10.8. The Morgan fingerprint density at radius 2 is 2.40 bits per heavy atom. The first-order valence-electron chi connectivity index (χ1n) is 4.83. The van der Waals surface area contributed by atoms with Crippen LogP contribution < -0.4 is 0 Å². The van der Waals surface area contributed by atoms with Crippen molar-refractivity contribution in [2.24, 2.45) is 0 Å². The SMILES string of the molecule is CC1CC([S+]([O-])c2ccccn2)C(O)O1. The quantitative estimate of drug-likeness (QED) is 0.755. The highest BCUT2D eigenvalue weighted by molar-refractivity contribution is 7.92. The van der Waals surface area contributed by atoms with Crippen molar-refractivity contribution in [2.75, 3.05) is 0 Å². The molecule has 0 aromatic carbocycles. The number of pyridine rings is 1. The first-order chi connectivity index (χ1) is 7.18. The van der Waals surface area contributed by atoms with Gasteiger partial charge in [-0.05, 0) is 13.0 Å². The van der Waals surface area contributed by atoms with Crippen LogP contribution >= 0.6 is 0 Å². The molecule has 2 rings (SSSR count). The number of aliphatic hydroxyl groups excluding tert-OH is 1. The molecule has 0 radical (unpaired) electrons. The summed E-state index contributed by atoms with van der Waals surface area (Å²) in [6.07, 6.45) is 1.21. The molecule has 1 saturated heterocycles. The topological polar surface area (TPSA) is 65.4 Å². The summed E-state index contributed by atoms with van der Waals surface area (Å²) in [7, 11) is 0. The molecule has 15 heavy (non-hydrogen) atoms. The fraction of sp³-hybridized carbons (Fsp3) is 0.500. The first kappa shape index (κ1) is 10.9. The van der Waals surface area contributed by atoms with E-state index < -0.39 is 17.5 Å². The summed E-state index contributed by atoms with van der Waals surface area (Å²) in [5.74, 6) is 0. The Bertz CT molecular complexity index is 322. The van der Waals surface area contributed by atoms with Gasteiger partial charge in [-0.25, -0.2) is 4.98 Å². The van der Waals surface area contributed by atoms with Crippen molar-refractivity contribution in [3.8, 4) is 0 Å². The predicted molar refractivity (Wildman–Crippen MR) is 55.6 cm³/mol. The molecule has 4 unspecified atom stereocenters. The summed E-state index contributed by atoms with van der Waals surface area (Å²) in [6, 6.07) is 5.25. The normalized spacial score (nSPS) is 32.9. The Morgan fingerprint density at radius 3 is 2.93 bits per heavy atom. The minimum atomic E-state index is -1.30. The standard InChI is InChI=1S/C10H13NO3S/c1-7-6-8(10(12)14-7)15(13)9-4-2-3-5-11-9/h2-5,7-8,10,12H,6H2,1H3. The van der Waals surface area contributed by atoms with Crippen molar-refractivity contribution in [3.63, 3.8) is 0 Å². The van der Waals surface area contributed by atoms with E-state index in [1.165, 1.54) is 0 Å². The Hall–Kier alpha value is -0.620. The van der Waals surface area contributed by atoms with Crippen molar-refractivity contribution in [1.82, 2.24) is 4.98 Å². The maximum absolute atomic E-state index is 12.0. The minimum Gasteiger partial charge on any atom is -0.610 e. The van der Waals surface area contributed by atoms with Crippen LogP contribution in [0.15, 0.2) is 29.4 Å². The molecule has 0 saturated carbocycles. The number of ether oxygens (including phenoxy) is 1. The van der Waals surface area contributed by atoms with E-state index in [0.717, 1.165) is 0 Å². The lowest BCUT2D eigenvalue weighted by molar-refractivity contribution is -0.0834. The Kier molecular flexibility index (Phi) is 3.25. The third kappa shape index (κ3) is 2.31. The van der Waals surface area contributed by atoms with Crippen molar-refractivity contribution >= 4 is 11.2 Å². The van der Waals surface area contributed by atoms with Crippen LogP contribution in [-0.2, 0) is 15.9 Å². The van der Waals surface area contributed by atoms with Crippen LogP contribution in [0.25, 0.3) is 0 Å². The third-order valence-electron chi connectivity index (χ3n) is 2.37. The van der Waals surface area contributed by atoms with Crippen molar-refractivity contribution in [2.45, 2.75) is 36.0 Å². The highest BCUT2D eigenvalue weighted by Gasteiger charge is 2.41. The van der Waals surface area contributed by atoms with Crippen molar-refractivity contribution in [1.29, 1.82) is 0 Å². The van der Waals surface area contributed by atoms with E-state index in [0.29, 0.717) is 11.4 Å². The maximum atomic E-state index is 12.0. The Morgan fingerprint density at radius 1 is 1.60 bits per heavy atom. The van der Waals surface area contributed by atoms with Gasteiger partial charge < -0.3 is 14.4 Å². The molecule has 0 aliphatic carbocycles. The fourth-order valence-electron chi connectivity index (χ4n) is 1.64. The Balaban J connectivity index is 2.11. The van der Waals surface area contributed by atoms with Gasteiger partial charge in [-0.3, -0.25) is 0 Å². The molecule has 1 N–H and O–H groups in total. The van der Waals surface area contributed by atoms with Gasteiger partial charge in [-0.15, -0.1) is 0 Å². The summed E-state index contributed by atoms with van der Waals surface area (Å²) in [6.45, 7) is 1.86. The summed E-state index contributed by atoms with van der Waals surface area (Å²) in [5.41, 5.74) is 0. The lowest BCUT2D eigenvalue weighted by Crippen LogP contribution is -2.30. The monoisotopic (exact) mass is 227 g/mol. The van der Waals surface area contributed by atoms with Crippen molar-refractivity contribution in [3.05, 3.63) is 24.4 Å². The van der Waals surface area contributed by atoms with Crippen LogP contribution in [0.4, 0.5) is 0 Å². The number of hydrogen-bond acceptors (Lipinski definition) is 4. The molecule has 1 aromatic rings. The average Bonchev–Trinajstić information content (AvgIpc) is 2.58. The second-order valence-corrected chi connectivity index (χ2v) is 5.20. The van der Waals surface area contributed by atoms with E-state index >= 15 is 0 Å². The van der Waals surface area contributed by atoms with E-state index in [-0.39, 0.29) is 11.4 Å². The summed E-state index contributed by atoms with van der Waals surface area (Å²) < 4.78 is 17.2. The van der Waals surface area contributed by atoms with E-state index in [2.05, 4.69) is 4.98 Å².